The SMILES string of the molecule is COc1ccc(Nc2ccc3c(O)c(N=Nc4ccc(N=Nc5cc(C)c(N=Nc6ccc7cccc(S(=O)(=O)O)c7c6)cc5C)c5ccc(S(=O)(=O)O)cc45)ccc3c2)cc1. The van der Waals surface area contributed by atoms with Crippen LogP contribution in [0.1, 0.15) is 11.1 Å². The maximum absolute atomic E-state index is 12.2. The summed E-state index contributed by atoms with van der Waals surface area (Å²) in [7, 11) is -7.44. The topological polar surface area (TPSA) is 224 Å². The molecule has 8 aromatic carbocycles. The number of rotatable bonds is 11. The van der Waals surface area contributed by atoms with Crippen molar-refractivity contribution in [2.45, 2.75) is 23.6 Å². The summed E-state index contributed by atoms with van der Waals surface area (Å²) in [5, 5.41) is 43.9. The van der Waals surface area contributed by atoms with E-state index in [1.54, 1.807) is 73.8 Å². The molecule has 0 heterocycles. The predicted molar refractivity (Wildman–Crippen MR) is 238 cm³/mol. The summed E-state index contributed by atoms with van der Waals surface area (Å²) in [5.41, 5.74) is 5.31. The molecule has 0 atom stereocenters. The van der Waals surface area contributed by atoms with Crippen molar-refractivity contribution in [3.05, 3.63) is 145 Å². The Morgan fingerprint density at radius 3 is 1.77 bits per heavy atom. The van der Waals surface area contributed by atoms with Gasteiger partial charge in [-0.05, 0) is 139 Å². The average Bonchev–Trinajstić information content (AvgIpc) is 3.25. The van der Waals surface area contributed by atoms with Crippen molar-refractivity contribution in [2.24, 2.45) is 30.7 Å². The van der Waals surface area contributed by atoms with Crippen LogP contribution in [0.25, 0.3) is 32.3 Å². The van der Waals surface area contributed by atoms with Gasteiger partial charge < -0.3 is 15.2 Å². The third kappa shape index (κ3) is 8.72. The zero-order valence-corrected chi connectivity index (χ0v) is 34.7. The summed E-state index contributed by atoms with van der Waals surface area (Å²) in [5.74, 6) is 0.640. The number of nitrogens with zero attached hydrogens (tertiary/aromatic N) is 6. The van der Waals surface area contributed by atoms with Crippen LogP contribution < -0.4 is 10.1 Å². The fourth-order valence-electron chi connectivity index (χ4n) is 6.78. The highest BCUT2D eigenvalue weighted by Crippen LogP contribution is 2.41. The van der Waals surface area contributed by atoms with Crippen LogP contribution in [0, 0.1) is 13.8 Å². The molecule has 0 amide bonds. The summed E-state index contributed by atoms with van der Waals surface area (Å²) >= 11 is 0. The molecule has 0 aliphatic carbocycles. The Labute approximate surface area is 355 Å². The van der Waals surface area contributed by atoms with E-state index < -0.39 is 20.2 Å². The van der Waals surface area contributed by atoms with E-state index >= 15 is 0 Å². The van der Waals surface area contributed by atoms with E-state index in [1.165, 1.54) is 30.3 Å². The van der Waals surface area contributed by atoms with E-state index in [4.69, 9.17) is 4.74 Å². The maximum Gasteiger partial charge on any atom is 0.295 e. The first-order valence-corrected chi connectivity index (χ1v) is 21.6. The molecule has 0 spiro atoms. The van der Waals surface area contributed by atoms with Gasteiger partial charge in [-0.1, -0.05) is 30.3 Å². The zero-order valence-electron chi connectivity index (χ0n) is 33.1. The summed E-state index contributed by atoms with van der Waals surface area (Å²) < 4.78 is 73.0. The van der Waals surface area contributed by atoms with Crippen molar-refractivity contribution in [1.82, 2.24) is 0 Å². The van der Waals surface area contributed by atoms with E-state index in [0.717, 1.165) is 22.5 Å². The summed E-state index contributed by atoms with van der Waals surface area (Å²) in [6.07, 6.45) is 0. The van der Waals surface area contributed by atoms with E-state index in [2.05, 4.69) is 36.0 Å². The van der Waals surface area contributed by atoms with Gasteiger partial charge in [0.15, 0.2) is 5.75 Å². The predicted octanol–water partition coefficient (Wildman–Crippen LogP) is 13.0. The highest BCUT2D eigenvalue weighted by Gasteiger charge is 2.16. The largest absolute Gasteiger partial charge is 0.505 e. The minimum atomic E-state index is -4.59. The van der Waals surface area contributed by atoms with Gasteiger partial charge in [-0.3, -0.25) is 9.11 Å². The molecule has 0 aliphatic rings. The summed E-state index contributed by atoms with van der Waals surface area (Å²) in [4.78, 5) is -0.586. The number of nitrogens with one attached hydrogen (secondary N) is 1. The molecule has 0 unspecified atom stereocenters. The van der Waals surface area contributed by atoms with Crippen molar-refractivity contribution < 1.29 is 35.8 Å². The van der Waals surface area contributed by atoms with Crippen LogP contribution >= 0.6 is 0 Å². The van der Waals surface area contributed by atoms with E-state index in [1.807, 2.05) is 50.2 Å². The Morgan fingerprint density at radius 1 is 0.500 bits per heavy atom. The van der Waals surface area contributed by atoms with Crippen LogP contribution in [0.4, 0.5) is 45.5 Å². The van der Waals surface area contributed by atoms with E-state index in [0.29, 0.717) is 60.8 Å². The minimum Gasteiger partial charge on any atom is -0.505 e. The fraction of sp³-hybridized carbons (Fsp3) is 0.0667. The number of benzene rings is 8. The lowest BCUT2D eigenvalue weighted by Crippen LogP contribution is -1.98. The second-order valence-electron chi connectivity index (χ2n) is 14.2. The van der Waals surface area contributed by atoms with E-state index in [-0.39, 0.29) is 26.9 Å². The molecular formula is C45H35N7O8S2. The van der Waals surface area contributed by atoms with Gasteiger partial charge in [-0.2, -0.15) is 32.2 Å². The van der Waals surface area contributed by atoms with Gasteiger partial charge in [0.05, 0.1) is 40.4 Å². The average molecular weight is 866 g/mol. The summed E-state index contributed by atoms with van der Waals surface area (Å²) in [6.45, 7) is 3.64. The lowest BCUT2D eigenvalue weighted by Gasteiger charge is -2.10. The molecule has 17 heteroatoms. The van der Waals surface area contributed by atoms with Crippen LogP contribution in [0.3, 0.4) is 0 Å². The number of aryl methyl sites for hydroxylation is 2. The minimum absolute atomic E-state index is 0.100. The lowest BCUT2D eigenvalue weighted by atomic mass is 10.1. The van der Waals surface area contributed by atoms with Crippen molar-refractivity contribution in [3.63, 3.8) is 0 Å². The van der Waals surface area contributed by atoms with Gasteiger partial charge in [0.1, 0.15) is 16.3 Å². The number of ether oxygens (including phenoxy) is 1. The number of methoxy groups -OCH3 is 1. The fourth-order valence-corrected chi connectivity index (χ4v) is 7.99. The standard InChI is InChI=1S/C45H35N7O8S2/c1-26-22-43(27(2)21-42(26)51-47-32-9-7-28-5-4-6-44(37(28)24-32)62(57,58)59)52-48-39-19-20-40(38-25-34(61(54,55)56)15-17-36(38)39)49-50-41-18-8-29-23-31(12-16-35(29)45(41)53)46-30-10-13-33(60-3)14-11-30/h4-25,46,53H,1-3H3,(H,54,55,56)(H,57,58,59). The molecule has 0 aliphatic heterocycles. The molecule has 0 saturated carbocycles. The van der Waals surface area contributed by atoms with Gasteiger partial charge in [0, 0.05) is 32.9 Å². The highest BCUT2D eigenvalue weighted by atomic mass is 32.2. The highest BCUT2D eigenvalue weighted by molar-refractivity contribution is 7.86. The molecule has 15 nitrogen and oxygen atoms in total. The Morgan fingerprint density at radius 2 is 1.10 bits per heavy atom. The van der Waals surface area contributed by atoms with Crippen LogP contribution in [-0.4, -0.2) is 38.2 Å². The molecule has 0 fully saturated rings. The number of hydrogen-bond donors (Lipinski definition) is 4. The summed E-state index contributed by atoms with van der Waals surface area (Å²) in [6, 6.07) is 36.7. The molecule has 0 aromatic heterocycles. The van der Waals surface area contributed by atoms with Gasteiger partial charge in [0.25, 0.3) is 20.2 Å². The molecule has 4 N–H and O–H groups in total. The van der Waals surface area contributed by atoms with Gasteiger partial charge in [0.2, 0.25) is 0 Å². The molecule has 0 radical (unpaired) electrons. The third-order valence-electron chi connectivity index (χ3n) is 10.0. The Balaban J connectivity index is 1.06. The van der Waals surface area contributed by atoms with Crippen LogP contribution in [-0.2, 0) is 20.2 Å². The number of phenolic OH excluding ortho intramolecular Hbond substituents is 1. The van der Waals surface area contributed by atoms with Crippen LogP contribution in [0.2, 0.25) is 0 Å². The Hall–Kier alpha value is -7.44. The van der Waals surface area contributed by atoms with Gasteiger partial charge >= 0.3 is 0 Å². The second kappa shape index (κ2) is 16.5. The Bertz CT molecular complexity index is 3410. The first kappa shape index (κ1) is 41.3. The van der Waals surface area contributed by atoms with Crippen LogP contribution in [0.5, 0.6) is 11.5 Å². The van der Waals surface area contributed by atoms with Crippen molar-refractivity contribution in [1.29, 1.82) is 0 Å². The monoisotopic (exact) mass is 865 g/mol. The molecule has 0 saturated heterocycles. The number of azo groups is 3. The van der Waals surface area contributed by atoms with Gasteiger partial charge in [-0.25, -0.2) is 0 Å². The molecule has 8 aromatic rings. The van der Waals surface area contributed by atoms with Crippen molar-refractivity contribution >= 4 is 98.1 Å². The van der Waals surface area contributed by atoms with Crippen molar-refractivity contribution in [2.75, 3.05) is 12.4 Å². The smallest absolute Gasteiger partial charge is 0.295 e. The molecule has 310 valence electrons. The van der Waals surface area contributed by atoms with Crippen molar-refractivity contribution in [3.8, 4) is 11.5 Å². The molecular weight excluding hydrogens is 831 g/mol. The molecule has 62 heavy (non-hydrogen) atoms. The Kier molecular flexibility index (Phi) is 11.0. The second-order valence-corrected chi connectivity index (χ2v) is 17.0. The lowest BCUT2D eigenvalue weighted by molar-refractivity contribution is 0.415. The maximum atomic E-state index is 12.2. The molecule has 0 bridgehead atoms. The third-order valence-corrected chi connectivity index (χ3v) is 11.8. The number of fused-ring (bicyclic) bond motifs is 3. The normalized spacial score (nSPS) is 12.4. The van der Waals surface area contributed by atoms with Crippen LogP contribution in [0.15, 0.2) is 174 Å². The number of anilines is 2. The van der Waals surface area contributed by atoms with Gasteiger partial charge in [-0.15, -0.1) is 15.3 Å². The molecule has 8 rings (SSSR count). The number of phenols is 1. The quantitative estimate of drug-likeness (QED) is 0.0715. The number of hydrogen-bond acceptors (Lipinski definition) is 13. The first-order valence-electron chi connectivity index (χ1n) is 18.7. The van der Waals surface area contributed by atoms with E-state index in [9.17, 15) is 31.0 Å². The zero-order chi connectivity index (χ0) is 43.8. The first-order chi connectivity index (χ1) is 29.6. The number of aromatic hydroxyl groups is 1.